The number of piperidine rings is 1. The molecule has 1 aromatic rings. The minimum Gasteiger partial charge on any atom is -0.490 e. The fourth-order valence-electron chi connectivity index (χ4n) is 2.43. The molecular formula is C14H18FNO. The van der Waals surface area contributed by atoms with Crippen LogP contribution in [0.4, 0.5) is 4.39 Å². The lowest BCUT2D eigenvalue weighted by Crippen LogP contribution is -2.28. The highest BCUT2D eigenvalue weighted by Crippen LogP contribution is 2.35. The van der Waals surface area contributed by atoms with E-state index in [2.05, 4.69) is 5.32 Å². The molecule has 0 spiro atoms. The summed E-state index contributed by atoms with van der Waals surface area (Å²) in [4.78, 5) is 0. The fourth-order valence-corrected chi connectivity index (χ4v) is 2.43. The number of benzene rings is 1. The molecule has 1 N–H and O–H groups in total. The highest BCUT2D eigenvalue weighted by atomic mass is 19.1. The van der Waals surface area contributed by atoms with Gasteiger partial charge in [0.05, 0.1) is 6.10 Å². The van der Waals surface area contributed by atoms with E-state index in [1.165, 1.54) is 6.07 Å². The van der Waals surface area contributed by atoms with Gasteiger partial charge >= 0.3 is 0 Å². The molecule has 0 radical (unpaired) electrons. The number of hydrogen-bond acceptors (Lipinski definition) is 2. The van der Waals surface area contributed by atoms with Crippen LogP contribution >= 0.6 is 0 Å². The Bertz CT molecular complexity index is 397. The number of halogens is 1. The summed E-state index contributed by atoms with van der Waals surface area (Å²) in [5.41, 5.74) is 1.05. The lowest BCUT2D eigenvalue weighted by Gasteiger charge is -2.25. The van der Waals surface area contributed by atoms with E-state index in [0.29, 0.717) is 12.0 Å². The van der Waals surface area contributed by atoms with Crippen LogP contribution < -0.4 is 10.1 Å². The Morgan fingerprint density at radius 3 is 2.82 bits per heavy atom. The SMILES string of the molecule is Fc1ccc(OC2CC2)c(C2CCCNC2)c1. The van der Waals surface area contributed by atoms with E-state index in [1.54, 1.807) is 12.1 Å². The first-order valence-electron chi connectivity index (χ1n) is 6.50. The molecule has 1 saturated heterocycles. The quantitative estimate of drug-likeness (QED) is 0.869. The summed E-state index contributed by atoms with van der Waals surface area (Å²) >= 11 is 0. The molecule has 0 aromatic heterocycles. The van der Waals surface area contributed by atoms with Gasteiger partial charge < -0.3 is 10.1 Å². The maximum absolute atomic E-state index is 13.4. The smallest absolute Gasteiger partial charge is 0.123 e. The Morgan fingerprint density at radius 1 is 1.24 bits per heavy atom. The third-order valence-corrected chi connectivity index (χ3v) is 3.53. The lowest BCUT2D eigenvalue weighted by molar-refractivity contribution is 0.294. The molecule has 3 rings (SSSR count). The van der Waals surface area contributed by atoms with Gasteiger partial charge in [0.1, 0.15) is 11.6 Å². The van der Waals surface area contributed by atoms with Crippen molar-refractivity contribution in [1.82, 2.24) is 5.32 Å². The summed E-state index contributed by atoms with van der Waals surface area (Å²) in [6.07, 6.45) is 4.93. The Balaban J connectivity index is 1.85. The number of hydrogen-bond donors (Lipinski definition) is 1. The lowest BCUT2D eigenvalue weighted by atomic mass is 9.91. The molecule has 1 saturated carbocycles. The van der Waals surface area contributed by atoms with Gasteiger partial charge in [0.2, 0.25) is 0 Å². The summed E-state index contributed by atoms with van der Waals surface area (Å²) < 4.78 is 19.2. The second kappa shape index (κ2) is 4.65. The number of rotatable bonds is 3. The molecule has 17 heavy (non-hydrogen) atoms. The van der Waals surface area contributed by atoms with Gasteiger partial charge in [-0.25, -0.2) is 4.39 Å². The van der Waals surface area contributed by atoms with Gasteiger partial charge in [0.15, 0.2) is 0 Å². The standard InChI is InChI=1S/C14H18FNO/c15-11-3-6-14(17-12-4-5-12)13(8-11)10-2-1-7-16-9-10/h3,6,8,10,12,16H,1-2,4-5,7,9H2. The molecule has 1 aromatic carbocycles. The Hall–Kier alpha value is -1.09. The first kappa shape index (κ1) is 11.0. The predicted octanol–water partition coefficient (Wildman–Crippen LogP) is 2.83. The van der Waals surface area contributed by atoms with Crippen molar-refractivity contribution in [2.75, 3.05) is 13.1 Å². The van der Waals surface area contributed by atoms with Crippen molar-refractivity contribution in [3.63, 3.8) is 0 Å². The third kappa shape index (κ3) is 2.60. The third-order valence-electron chi connectivity index (χ3n) is 3.53. The Kier molecular flexibility index (Phi) is 3.02. The minimum atomic E-state index is -0.159. The van der Waals surface area contributed by atoms with Gasteiger partial charge in [0.25, 0.3) is 0 Å². The molecule has 3 heteroatoms. The minimum absolute atomic E-state index is 0.159. The van der Waals surface area contributed by atoms with E-state index in [9.17, 15) is 4.39 Å². The van der Waals surface area contributed by atoms with Crippen LogP contribution in [0.25, 0.3) is 0 Å². The van der Waals surface area contributed by atoms with E-state index >= 15 is 0 Å². The molecule has 2 aliphatic rings. The maximum atomic E-state index is 13.4. The van der Waals surface area contributed by atoms with Gasteiger partial charge in [0, 0.05) is 18.0 Å². The van der Waals surface area contributed by atoms with E-state index < -0.39 is 0 Å². The van der Waals surface area contributed by atoms with Crippen molar-refractivity contribution in [2.45, 2.75) is 37.7 Å². The van der Waals surface area contributed by atoms with Crippen molar-refractivity contribution in [3.8, 4) is 5.75 Å². The monoisotopic (exact) mass is 235 g/mol. The van der Waals surface area contributed by atoms with Crippen LogP contribution in [0, 0.1) is 5.82 Å². The molecule has 1 atom stereocenters. The Labute approximate surface area is 101 Å². The van der Waals surface area contributed by atoms with E-state index in [-0.39, 0.29) is 5.82 Å². The highest BCUT2D eigenvalue weighted by Gasteiger charge is 2.26. The molecular weight excluding hydrogens is 217 g/mol. The number of ether oxygens (including phenoxy) is 1. The van der Waals surface area contributed by atoms with Gasteiger partial charge in [-0.15, -0.1) is 0 Å². The first-order valence-corrected chi connectivity index (χ1v) is 6.50. The molecule has 2 fully saturated rings. The molecule has 0 amide bonds. The van der Waals surface area contributed by atoms with E-state index in [0.717, 1.165) is 50.1 Å². The molecule has 1 aliphatic heterocycles. The zero-order chi connectivity index (χ0) is 11.7. The molecule has 1 aliphatic carbocycles. The van der Waals surface area contributed by atoms with Crippen LogP contribution in [-0.4, -0.2) is 19.2 Å². The van der Waals surface area contributed by atoms with Crippen LogP contribution in [0.1, 0.15) is 37.2 Å². The van der Waals surface area contributed by atoms with Crippen LogP contribution in [0.2, 0.25) is 0 Å². The van der Waals surface area contributed by atoms with Gasteiger partial charge in [-0.3, -0.25) is 0 Å². The van der Waals surface area contributed by atoms with Crippen LogP contribution in [0.15, 0.2) is 18.2 Å². The topological polar surface area (TPSA) is 21.3 Å². The summed E-state index contributed by atoms with van der Waals surface area (Å²) in [5, 5.41) is 3.37. The van der Waals surface area contributed by atoms with Crippen LogP contribution in [-0.2, 0) is 0 Å². The zero-order valence-electron chi connectivity index (χ0n) is 9.92. The summed E-state index contributed by atoms with van der Waals surface area (Å²) in [6, 6.07) is 4.93. The zero-order valence-corrected chi connectivity index (χ0v) is 9.92. The van der Waals surface area contributed by atoms with Crippen molar-refractivity contribution < 1.29 is 9.13 Å². The van der Waals surface area contributed by atoms with Crippen molar-refractivity contribution in [1.29, 1.82) is 0 Å². The second-order valence-electron chi connectivity index (χ2n) is 5.04. The highest BCUT2D eigenvalue weighted by molar-refractivity contribution is 5.37. The first-order chi connectivity index (χ1) is 8.33. The molecule has 2 nitrogen and oxygen atoms in total. The molecule has 0 bridgehead atoms. The van der Waals surface area contributed by atoms with Gasteiger partial charge in [-0.2, -0.15) is 0 Å². The molecule has 1 unspecified atom stereocenters. The average Bonchev–Trinajstić information content (AvgIpc) is 3.17. The molecule has 92 valence electrons. The van der Waals surface area contributed by atoms with Gasteiger partial charge in [-0.05, 0) is 50.4 Å². The van der Waals surface area contributed by atoms with Crippen molar-refractivity contribution >= 4 is 0 Å². The van der Waals surface area contributed by atoms with Gasteiger partial charge in [-0.1, -0.05) is 0 Å². The maximum Gasteiger partial charge on any atom is 0.123 e. The van der Waals surface area contributed by atoms with Crippen molar-refractivity contribution in [2.24, 2.45) is 0 Å². The summed E-state index contributed by atoms with van der Waals surface area (Å²) in [7, 11) is 0. The number of nitrogens with one attached hydrogen (secondary N) is 1. The summed E-state index contributed by atoms with van der Waals surface area (Å²) in [5.74, 6) is 1.13. The Morgan fingerprint density at radius 2 is 2.12 bits per heavy atom. The predicted molar refractivity (Wildman–Crippen MR) is 64.9 cm³/mol. The van der Waals surface area contributed by atoms with Crippen LogP contribution in [0.3, 0.4) is 0 Å². The fraction of sp³-hybridized carbons (Fsp3) is 0.571. The van der Waals surface area contributed by atoms with Crippen molar-refractivity contribution in [3.05, 3.63) is 29.6 Å². The molecule has 1 heterocycles. The largest absolute Gasteiger partial charge is 0.490 e. The second-order valence-corrected chi connectivity index (χ2v) is 5.04. The van der Waals surface area contributed by atoms with E-state index in [4.69, 9.17) is 4.74 Å². The normalized spacial score (nSPS) is 24.6. The van der Waals surface area contributed by atoms with Crippen LogP contribution in [0.5, 0.6) is 5.75 Å². The van der Waals surface area contributed by atoms with E-state index in [1.807, 2.05) is 0 Å². The summed E-state index contributed by atoms with van der Waals surface area (Å²) in [6.45, 7) is 2.01. The average molecular weight is 235 g/mol.